The molecule has 1 saturated heterocycles. The Morgan fingerprint density at radius 2 is 2.09 bits per heavy atom. The fourth-order valence-corrected chi connectivity index (χ4v) is 2.70. The van der Waals surface area contributed by atoms with Gasteiger partial charge in [-0.1, -0.05) is 6.07 Å². The van der Waals surface area contributed by atoms with Gasteiger partial charge >= 0.3 is 0 Å². The first-order valence-electron chi connectivity index (χ1n) is 8.00. The lowest BCUT2D eigenvalue weighted by Gasteiger charge is -2.26. The van der Waals surface area contributed by atoms with E-state index < -0.39 is 0 Å². The Bertz CT molecular complexity index is 668. The van der Waals surface area contributed by atoms with Crippen molar-refractivity contribution in [1.82, 2.24) is 19.9 Å². The molecule has 2 aromatic rings. The molecular weight excluding hydrogens is 290 g/mol. The molecule has 1 amide bonds. The lowest BCUT2D eigenvalue weighted by molar-refractivity contribution is 0.0718. The number of likely N-dealkylation sites (tertiary alicyclic amines) is 1. The molecule has 120 valence electrons. The summed E-state index contributed by atoms with van der Waals surface area (Å²) in [6.45, 7) is 4.10. The van der Waals surface area contributed by atoms with E-state index in [-0.39, 0.29) is 5.91 Å². The van der Waals surface area contributed by atoms with Crippen molar-refractivity contribution in [3.8, 4) is 0 Å². The topological polar surface area (TPSA) is 71.0 Å². The van der Waals surface area contributed by atoms with E-state index in [2.05, 4.69) is 20.3 Å². The average molecular weight is 311 g/mol. The van der Waals surface area contributed by atoms with Gasteiger partial charge in [0, 0.05) is 37.7 Å². The Morgan fingerprint density at radius 1 is 1.26 bits per heavy atom. The number of carbonyl (C=O) groups is 1. The first-order chi connectivity index (χ1) is 11.2. The summed E-state index contributed by atoms with van der Waals surface area (Å²) in [5, 5.41) is 3.17. The number of rotatable bonds is 4. The van der Waals surface area contributed by atoms with Crippen LogP contribution in [0.25, 0.3) is 0 Å². The minimum Gasteiger partial charge on any atom is -0.350 e. The summed E-state index contributed by atoms with van der Waals surface area (Å²) in [5.41, 5.74) is 2.30. The third kappa shape index (κ3) is 4.03. The standard InChI is InChI=1S/C17H21N5O/c1-13-10-15(16(23)22-8-3-2-4-9-22)21-17(20-13)19-12-14-6-5-7-18-11-14/h5-7,10-11H,2-4,8-9,12H2,1H3,(H,19,20,21). The highest BCUT2D eigenvalue weighted by atomic mass is 16.2. The second kappa shape index (κ2) is 7.17. The van der Waals surface area contributed by atoms with Crippen molar-refractivity contribution in [2.45, 2.75) is 32.7 Å². The Kier molecular flexibility index (Phi) is 4.80. The minimum atomic E-state index is -0.000345. The predicted molar refractivity (Wildman–Crippen MR) is 88.1 cm³/mol. The van der Waals surface area contributed by atoms with Crippen molar-refractivity contribution >= 4 is 11.9 Å². The first kappa shape index (κ1) is 15.4. The van der Waals surface area contributed by atoms with Crippen LogP contribution in [0, 0.1) is 6.92 Å². The van der Waals surface area contributed by atoms with E-state index in [9.17, 15) is 4.79 Å². The van der Waals surface area contributed by atoms with Crippen molar-refractivity contribution in [2.75, 3.05) is 18.4 Å². The van der Waals surface area contributed by atoms with Gasteiger partial charge in [-0.3, -0.25) is 9.78 Å². The van der Waals surface area contributed by atoms with Gasteiger partial charge in [-0.15, -0.1) is 0 Å². The van der Waals surface area contributed by atoms with Gasteiger partial charge in [0.2, 0.25) is 5.95 Å². The van der Waals surface area contributed by atoms with Crippen LogP contribution in [0.15, 0.2) is 30.6 Å². The van der Waals surface area contributed by atoms with Crippen LogP contribution < -0.4 is 5.32 Å². The van der Waals surface area contributed by atoms with E-state index in [1.165, 1.54) is 6.42 Å². The van der Waals surface area contributed by atoms with Crippen molar-refractivity contribution < 1.29 is 4.79 Å². The van der Waals surface area contributed by atoms with Crippen molar-refractivity contribution in [1.29, 1.82) is 0 Å². The van der Waals surface area contributed by atoms with Crippen molar-refractivity contribution in [3.63, 3.8) is 0 Å². The summed E-state index contributed by atoms with van der Waals surface area (Å²) in [7, 11) is 0. The van der Waals surface area contributed by atoms with Crippen LogP contribution in [-0.2, 0) is 6.54 Å². The second-order valence-electron chi connectivity index (χ2n) is 5.79. The van der Waals surface area contributed by atoms with Gasteiger partial charge in [-0.05, 0) is 43.9 Å². The molecule has 1 aliphatic rings. The number of aryl methyl sites for hydroxylation is 1. The van der Waals surface area contributed by atoms with Gasteiger partial charge in [0.05, 0.1) is 0 Å². The van der Waals surface area contributed by atoms with Gasteiger partial charge in [0.1, 0.15) is 5.69 Å². The Labute approximate surface area is 136 Å². The SMILES string of the molecule is Cc1cc(C(=O)N2CCCCC2)nc(NCc2cccnc2)n1. The lowest BCUT2D eigenvalue weighted by Crippen LogP contribution is -2.36. The molecule has 1 aliphatic heterocycles. The number of hydrogen-bond donors (Lipinski definition) is 1. The van der Waals surface area contributed by atoms with E-state index in [0.29, 0.717) is 18.2 Å². The molecule has 3 rings (SSSR count). The van der Waals surface area contributed by atoms with Gasteiger partial charge in [-0.25, -0.2) is 9.97 Å². The number of nitrogens with zero attached hydrogens (tertiary/aromatic N) is 4. The number of aromatic nitrogens is 3. The third-order valence-corrected chi connectivity index (χ3v) is 3.89. The second-order valence-corrected chi connectivity index (χ2v) is 5.79. The summed E-state index contributed by atoms with van der Waals surface area (Å²) in [4.78, 5) is 27.3. The van der Waals surface area contributed by atoms with Gasteiger partial charge in [0.25, 0.3) is 5.91 Å². The first-order valence-corrected chi connectivity index (χ1v) is 8.00. The smallest absolute Gasteiger partial charge is 0.272 e. The molecule has 0 aliphatic carbocycles. The molecule has 0 spiro atoms. The summed E-state index contributed by atoms with van der Waals surface area (Å²) in [6.07, 6.45) is 6.87. The van der Waals surface area contributed by atoms with Gasteiger partial charge in [-0.2, -0.15) is 0 Å². The highest BCUT2D eigenvalue weighted by Gasteiger charge is 2.20. The maximum absolute atomic E-state index is 12.6. The minimum absolute atomic E-state index is 0.000345. The fraction of sp³-hybridized carbons (Fsp3) is 0.412. The fourth-order valence-electron chi connectivity index (χ4n) is 2.70. The average Bonchev–Trinajstić information content (AvgIpc) is 2.60. The number of hydrogen-bond acceptors (Lipinski definition) is 5. The van der Waals surface area contributed by atoms with E-state index in [4.69, 9.17) is 0 Å². The van der Waals surface area contributed by atoms with Crippen LogP contribution in [0.2, 0.25) is 0 Å². The molecule has 1 N–H and O–H groups in total. The molecular formula is C17H21N5O. The number of carbonyl (C=O) groups excluding carboxylic acids is 1. The number of anilines is 1. The largest absolute Gasteiger partial charge is 0.350 e. The summed E-state index contributed by atoms with van der Waals surface area (Å²) < 4.78 is 0. The van der Waals surface area contributed by atoms with Crippen LogP contribution in [-0.4, -0.2) is 38.8 Å². The van der Waals surface area contributed by atoms with Crippen LogP contribution in [0.3, 0.4) is 0 Å². The van der Waals surface area contributed by atoms with E-state index in [1.54, 1.807) is 18.5 Å². The Morgan fingerprint density at radius 3 is 2.83 bits per heavy atom. The van der Waals surface area contributed by atoms with Crippen molar-refractivity contribution in [2.24, 2.45) is 0 Å². The summed E-state index contributed by atoms with van der Waals surface area (Å²) >= 11 is 0. The summed E-state index contributed by atoms with van der Waals surface area (Å²) in [6, 6.07) is 5.63. The van der Waals surface area contributed by atoms with Crippen LogP contribution in [0.4, 0.5) is 5.95 Å². The zero-order chi connectivity index (χ0) is 16.1. The molecule has 3 heterocycles. The zero-order valence-corrected chi connectivity index (χ0v) is 13.3. The molecule has 0 aromatic carbocycles. The highest BCUT2D eigenvalue weighted by Crippen LogP contribution is 2.14. The van der Waals surface area contributed by atoms with Crippen LogP contribution >= 0.6 is 0 Å². The molecule has 2 aromatic heterocycles. The third-order valence-electron chi connectivity index (χ3n) is 3.89. The number of amides is 1. The molecule has 0 radical (unpaired) electrons. The van der Waals surface area contributed by atoms with Crippen molar-refractivity contribution in [3.05, 3.63) is 47.5 Å². The maximum atomic E-state index is 12.6. The van der Waals surface area contributed by atoms with E-state index in [0.717, 1.165) is 37.2 Å². The van der Waals surface area contributed by atoms with Crippen LogP contribution in [0.1, 0.15) is 41.0 Å². The number of piperidine rings is 1. The number of pyridine rings is 1. The normalized spacial score (nSPS) is 14.6. The molecule has 0 saturated carbocycles. The Hall–Kier alpha value is -2.50. The summed E-state index contributed by atoms with van der Waals surface area (Å²) in [5.74, 6) is 0.480. The molecule has 6 nitrogen and oxygen atoms in total. The Balaban J connectivity index is 1.72. The van der Waals surface area contributed by atoms with E-state index in [1.807, 2.05) is 24.0 Å². The molecule has 1 fully saturated rings. The lowest BCUT2D eigenvalue weighted by atomic mass is 10.1. The van der Waals surface area contributed by atoms with E-state index >= 15 is 0 Å². The predicted octanol–water partition coefficient (Wildman–Crippen LogP) is 2.42. The monoisotopic (exact) mass is 311 g/mol. The highest BCUT2D eigenvalue weighted by molar-refractivity contribution is 5.92. The number of nitrogens with one attached hydrogen (secondary N) is 1. The maximum Gasteiger partial charge on any atom is 0.272 e. The molecule has 23 heavy (non-hydrogen) atoms. The van der Waals surface area contributed by atoms with Gasteiger partial charge < -0.3 is 10.2 Å². The van der Waals surface area contributed by atoms with Crippen LogP contribution in [0.5, 0.6) is 0 Å². The molecule has 0 bridgehead atoms. The quantitative estimate of drug-likeness (QED) is 0.939. The molecule has 0 unspecified atom stereocenters. The molecule has 6 heteroatoms. The molecule has 0 atom stereocenters. The zero-order valence-electron chi connectivity index (χ0n) is 13.3. The van der Waals surface area contributed by atoms with Gasteiger partial charge in [0.15, 0.2) is 0 Å².